The van der Waals surface area contributed by atoms with E-state index in [4.69, 9.17) is 5.73 Å². The first-order valence-corrected chi connectivity index (χ1v) is 6.43. The summed E-state index contributed by atoms with van der Waals surface area (Å²) >= 11 is 3.02. The smallest absolute Gasteiger partial charge is 0.256 e. The Morgan fingerprint density at radius 3 is 2.55 bits per heavy atom. The van der Waals surface area contributed by atoms with Gasteiger partial charge in [0.15, 0.2) is 0 Å². The van der Waals surface area contributed by atoms with Crippen molar-refractivity contribution in [2.24, 2.45) is 5.73 Å². The van der Waals surface area contributed by atoms with Crippen LogP contribution < -0.4 is 11.1 Å². The van der Waals surface area contributed by atoms with Crippen LogP contribution in [0.2, 0.25) is 0 Å². The van der Waals surface area contributed by atoms with Crippen LogP contribution in [-0.2, 0) is 0 Å². The van der Waals surface area contributed by atoms with Gasteiger partial charge in [-0.15, -0.1) is 0 Å². The molecule has 0 saturated carbocycles. The first kappa shape index (κ1) is 14.2. The van der Waals surface area contributed by atoms with Crippen LogP contribution in [0.3, 0.4) is 0 Å². The molecule has 0 fully saturated rings. The summed E-state index contributed by atoms with van der Waals surface area (Å²) in [4.78, 5) is 23.1. The van der Waals surface area contributed by atoms with E-state index in [1.54, 1.807) is 12.1 Å². The topological polar surface area (TPSA) is 72.2 Å². The number of carbonyl (C=O) groups is 2. The molecule has 2 rings (SSSR count). The Bertz CT molecular complexity index is 689. The number of anilines is 1. The number of benzene rings is 2. The van der Waals surface area contributed by atoms with Gasteiger partial charge in [0.25, 0.3) is 5.91 Å². The second-order valence-electron chi connectivity index (χ2n) is 4.00. The minimum Gasteiger partial charge on any atom is -0.366 e. The number of halogens is 2. The average molecular weight is 337 g/mol. The number of hydrogen-bond acceptors (Lipinski definition) is 2. The molecule has 2 aromatic rings. The predicted molar refractivity (Wildman–Crippen MR) is 77.0 cm³/mol. The van der Waals surface area contributed by atoms with E-state index in [9.17, 15) is 14.0 Å². The summed E-state index contributed by atoms with van der Waals surface area (Å²) < 4.78 is 13.4. The fourth-order valence-corrected chi connectivity index (χ4v) is 2.07. The number of nitrogens with one attached hydrogen (secondary N) is 1. The van der Waals surface area contributed by atoms with Gasteiger partial charge in [0.2, 0.25) is 5.91 Å². The first-order chi connectivity index (χ1) is 9.49. The Morgan fingerprint density at radius 1 is 1.15 bits per heavy atom. The number of nitrogens with two attached hydrogens (primary N) is 1. The van der Waals surface area contributed by atoms with E-state index in [2.05, 4.69) is 21.2 Å². The summed E-state index contributed by atoms with van der Waals surface area (Å²) in [5.41, 5.74) is 6.01. The molecule has 0 spiro atoms. The Morgan fingerprint density at radius 2 is 1.85 bits per heavy atom. The molecule has 6 heteroatoms. The molecular formula is C14H10BrFN2O2. The van der Waals surface area contributed by atoms with Crippen LogP contribution >= 0.6 is 15.9 Å². The molecule has 0 unspecified atom stereocenters. The highest BCUT2D eigenvalue weighted by molar-refractivity contribution is 9.10. The highest BCUT2D eigenvalue weighted by Gasteiger charge is 2.13. The average Bonchev–Trinajstić information content (AvgIpc) is 2.42. The molecule has 0 aromatic heterocycles. The fourth-order valence-electron chi connectivity index (χ4n) is 1.63. The molecule has 0 radical (unpaired) electrons. The van der Waals surface area contributed by atoms with Crippen molar-refractivity contribution in [3.8, 4) is 0 Å². The highest BCUT2D eigenvalue weighted by atomic mass is 79.9. The van der Waals surface area contributed by atoms with Gasteiger partial charge in [-0.25, -0.2) is 4.39 Å². The van der Waals surface area contributed by atoms with E-state index in [1.165, 1.54) is 30.3 Å². The minimum absolute atomic E-state index is 0.0866. The van der Waals surface area contributed by atoms with Crippen molar-refractivity contribution < 1.29 is 14.0 Å². The third kappa shape index (κ3) is 3.03. The largest absolute Gasteiger partial charge is 0.366 e. The van der Waals surface area contributed by atoms with Crippen LogP contribution in [-0.4, -0.2) is 11.8 Å². The lowest BCUT2D eigenvalue weighted by Gasteiger charge is -2.08. The van der Waals surface area contributed by atoms with Crippen molar-refractivity contribution in [3.63, 3.8) is 0 Å². The van der Waals surface area contributed by atoms with Gasteiger partial charge in [-0.3, -0.25) is 9.59 Å². The lowest BCUT2D eigenvalue weighted by Crippen LogP contribution is -2.15. The second kappa shape index (κ2) is 5.83. The number of primary amides is 1. The van der Waals surface area contributed by atoms with Gasteiger partial charge < -0.3 is 11.1 Å². The molecule has 3 N–H and O–H groups in total. The molecular weight excluding hydrogens is 327 g/mol. The molecule has 0 bridgehead atoms. The summed E-state index contributed by atoms with van der Waals surface area (Å²) in [5.74, 6) is -1.60. The maximum absolute atomic E-state index is 13.4. The summed E-state index contributed by atoms with van der Waals surface area (Å²) in [6, 6.07) is 10.4. The first-order valence-electron chi connectivity index (χ1n) is 5.64. The minimum atomic E-state index is -0.590. The van der Waals surface area contributed by atoms with Crippen LogP contribution in [0, 0.1) is 5.82 Å². The van der Waals surface area contributed by atoms with Gasteiger partial charge in [0.1, 0.15) is 5.82 Å². The Kier molecular flexibility index (Phi) is 4.14. The van der Waals surface area contributed by atoms with Gasteiger partial charge in [-0.2, -0.15) is 0 Å². The van der Waals surface area contributed by atoms with Crippen LogP contribution in [0.5, 0.6) is 0 Å². The van der Waals surface area contributed by atoms with Crippen LogP contribution in [0.25, 0.3) is 0 Å². The van der Waals surface area contributed by atoms with Gasteiger partial charge in [-0.05, 0) is 46.3 Å². The maximum atomic E-state index is 13.4. The Labute approximate surface area is 122 Å². The molecule has 102 valence electrons. The zero-order valence-electron chi connectivity index (χ0n) is 10.2. The maximum Gasteiger partial charge on any atom is 0.256 e. The van der Waals surface area contributed by atoms with Gasteiger partial charge in [-0.1, -0.05) is 12.1 Å². The normalized spacial score (nSPS) is 10.1. The van der Waals surface area contributed by atoms with Crippen LogP contribution in [0.4, 0.5) is 10.1 Å². The van der Waals surface area contributed by atoms with Gasteiger partial charge in [0.05, 0.1) is 10.0 Å². The van der Waals surface area contributed by atoms with E-state index in [0.717, 1.165) is 0 Å². The van der Waals surface area contributed by atoms with Crippen molar-refractivity contribution in [2.75, 3.05) is 5.32 Å². The zero-order valence-corrected chi connectivity index (χ0v) is 11.8. The molecule has 0 aliphatic heterocycles. The van der Waals surface area contributed by atoms with E-state index in [-0.39, 0.29) is 15.6 Å². The monoisotopic (exact) mass is 336 g/mol. The third-order valence-electron chi connectivity index (χ3n) is 2.60. The van der Waals surface area contributed by atoms with Crippen molar-refractivity contribution in [1.82, 2.24) is 0 Å². The van der Waals surface area contributed by atoms with Crippen molar-refractivity contribution in [1.29, 1.82) is 0 Å². The van der Waals surface area contributed by atoms with E-state index < -0.39 is 17.6 Å². The Balaban J connectivity index is 2.26. The van der Waals surface area contributed by atoms with E-state index in [1.807, 2.05) is 0 Å². The van der Waals surface area contributed by atoms with E-state index in [0.29, 0.717) is 5.69 Å². The highest BCUT2D eigenvalue weighted by Crippen LogP contribution is 2.21. The summed E-state index contributed by atoms with van der Waals surface area (Å²) in [6.07, 6.45) is 0. The van der Waals surface area contributed by atoms with Crippen molar-refractivity contribution >= 4 is 33.4 Å². The molecule has 0 aliphatic carbocycles. The quantitative estimate of drug-likeness (QED) is 0.904. The molecule has 0 heterocycles. The molecule has 0 aliphatic rings. The molecule has 2 aromatic carbocycles. The lowest BCUT2D eigenvalue weighted by atomic mass is 10.1. The van der Waals surface area contributed by atoms with Gasteiger partial charge >= 0.3 is 0 Å². The molecule has 0 saturated heterocycles. The Hall–Kier alpha value is -2.21. The summed E-state index contributed by atoms with van der Waals surface area (Å²) in [6.45, 7) is 0. The summed E-state index contributed by atoms with van der Waals surface area (Å²) in [5, 5.41) is 2.58. The molecule has 20 heavy (non-hydrogen) atoms. The fraction of sp³-hybridized carbons (Fsp3) is 0. The SMILES string of the molecule is NC(=O)c1cccc(NC(=O)c2cccc(F)c2Br)c1. The predicted octanol–water partition coefficient (Wildman–Crippen LogP) is 2.94. The molecule has 4 nitrogen and oxygen atoms in total. The zero-order chi connectivity index (χ0) is 14.7. The summed E-state index contributed by atoms with van der Waals surface area (Å²) in [7, 11) is 0. The number of amides is 2. The molecule has 0 atom stereocenters. The van der Waals surface area contributed by atoms with Crippen molar-refractivity contribution in [2.45, 2.75) is 0 Å². The number of rotatable bonds is 3. The number of hydrogen-bond donors (Lipinski definition) is 2. The standard InChI is InChI=1S/C14H10BrFN2O2/c15-12-10(5-2-6-11(12)16)14(20)18-9-4-1-3-8(7-9)13(17)19/h1-7H,(H2,17,19)(H,18,20). The van der Waals surface area contributed by atoms with Gasteiger partial charge in [0, 0.05) is 11.3 Å². The lowest BCUT2D eigenvalue weighted by molar-refractivity contribution is 0.0996. The van der Waals surface area contributed by atoms with E-state index >= 15 is 0 Å². The number of carbonyl (C=O) groups excluding carboxylic acids is 2. The molecule has 2 amide bonds. The van der Waals surface area contributed by atoms with Crippen LogP contribution in [0.15, 0.2) is 46.9 Å². The second-order valence-corrected chi connectivity index (χ2v) is 4.79. The third-order valence-corrected chi connectivity index (χ3v) is 3.41. The van der Waals surface area contributed by atoms with Crippen molar-refractivity contribution in [3.05, 3.63) is 63.9 Å². The van der Waals surface area contributed by atoms with Crippen LogP contribution in [0.1, 0.15) is 20.7 Å².